The van der Waals surface area contributed by atoms with E-state index in [9.17, 15) is 18.4 Å². The van der Waals surface area contributed by atoms with Gasteiger partial charge in [-0.2, -0.15) is 0 Å². The molecule has 2 heterocycles. The summed E-state index contributed by atoms with van der Waals surface area (Å²) in [4.78, 5) is 32.1. The van der Waals surface area contributed by atoms with Crippen molar-refractivity contribution in [2.75, 3.05) is 31.1 Å². The van der Waals surface area contributed by atoms with Gasteiger partial charge in [-0.1, -0.05) is 54.1 Å². The van der Waals surface area contributed by atoms with Crippen molar-refractivity contribution < 1.29 is 8.78 Å². The second kappa shape index (κ2) is 12.7. The molecular weight excluding hydrogens is 548 g/mol. The number of piperazine rings is 1. The van der Waals surface area contributed by atoms with E-state index in [1.54, 1.807) is 6.92 Å². The fraction of sp³-hybridized carbons (Fsp3) is 0.353. The van der Waals surface area contributed by atoms with Gasteiger partial charge in [0.05, 0.1) is 13.1 Å². The van der Waals surface area contributed by atoms with Gasteiger partial charge in [-0.25, -0.2) is 13.6 Å². The van der Waals surface area contributed by atoms with Crippen LogP contribution < -0.4 is 21.9 Å². The smallest absolute Gasteiger partial charge is 0.331 e. The van der Waals surface area contributed by atoms with Gasteiger partial charge in [-0.15, -0.1) is 0 Å². The number of halogens is 2. The lowest BCUT2D eigenvalue weighted by Gasteiger charge is -2.37. The van der Waals surface area contributed by atoms with E-state index in [0.717, 1.165) is 41.9 Å². The van der Waals surface area contributed by atoms with Crippen molar-refractivity contribution in [3.05, 3.63) is 132 Å². The number of anilines is 1. The van der Waals surface area contributed by atoms with Crippen molar-refractivity contribution in [1.29, 1.82) is 0 Å². The zero-order chi connectivity index (χ0) is 30.8. The van der Waals surface area contributed by atoms with Crippen molar-refractivity contribution in [3.63, 3.8) is 0 Å². The van der Waals surface area contributed by atoms with Gasteiger partial charge >= 0.3 is 5.69 Å². The maximum Gasteiger partial charge on any atom is 0.331 e. The quantitative estimate of drug-likeness (QED) is 0.326. The lowest BCUT2D eigenvalue weighted by Crippen LogP contribution is -2.51. The predicted molar refractivity (Wildman–Crippen MR) is 167 cm³/mol. The van der Waals surface area contributed by atoms with E-state index < -0.39 is 28.9 Å². The van der Waals surface area contributed by atoms with Crippen LogP contribution in [0.5, 0.6) is 0 Å². The minimum Gasteiger partial charge on any atom is -0.363 e. The number of nitrogens with zero attached hydrogens (tertiary/aromatic N) is 4. The highest BCUT2D eigenvalue weighted by molar-refractivity contribution is 5.50. The molecule has 5 rings (SSSR count). The first-order valence-corrected chi connectivity index (χ1v) is 14.7. The number of rotatable bonds is 8. The van der Waals surface area contributed by atoms with Crippen LogP contribution in [-0.4, -0.2) is 40.2 Å². The molecule has 0 amide bonds. The SMILES string of the molecule is Cc1cc(C)c(CN2CCN(c3c(C)n(Cc4c(F)cccc4F)c(=O)n(CC(N)c4ccccc4)c3=O)CC2)c(C)c1. The zero-order valence-corrected chi connectivity index (χ0v) is 25.2. The monoisotopic (exact) mass is 587 g/mol. The lowest BCUT2D eigenvalue weighted by molar-refractivity contribution is 0.248. The third-order valence-electron chi connectivity index (χ3n) is 8.55. The highest BCUT2D eigenvalue weighted by Crippen LogP contribution is 2.23. The molecule has 0 radical (unpaired) electrons. The molecule has 1 aliphatic rings. The Labute approximate surface area is 250 Å². The second-order valence-corrected chi connectivity index (χ2v) is 11.6. The fourth-order valence-electron chi connectivity index (χ4n) is 6.15. The normalized spacial score (nSPS) is 14.7. The molecule has 1 aliphatic heterocycles. The Morgan fingerprint density at radius 3 is 1.98 bits per heavy atom. The van der Waals surface area contributed by atoms with E-state index in [-0.39, 0.29) is 18.7 Å². The molecule has 7 nitrogen and oxygen atoms in total. The summed E-state index contributed by atoms with van der Waals surface area (Å²) in [5.74, 6) is -1.50. The fourth-order valence-corrected chi connectivity index (χ4v) is 6.15. The summed E-state index contributed by atoms with van der Waals surface area (Å²) in [7, 11) is 0. The van der Waals surface area contributed by atoms with E-state index in [4.69, 9.17) is 5.73 Å². The Kier molecular flexibility index (Phi) is 8.94. The van der Waals surface area contributed by atoms with Gasteiger partial charge in [0.1, 0.15) is 17.3 Å². The molecule has 0 bridgehead atoms. The van der Waals surface area contributed by atoms with E-state index in [0.29, 0.717) is 24.5 Å². The van der Waals surface area contributed by atoms with Crippen LogP contribution in [0.2, 0.25) is 0 Å². The average Bonchev–Trinajstić information content (AvgIpc) is 2.97. The van der Waals surface area contributed by atoms with Gasteiger partial charge in [-0.3, -0.25) is 18.8 Å². The molecule has 1 fully saturated rings. The summed E-state index contributed by atoms with van der Waals surface area (Å²) in [6.45, 7) is 11.0. The van der Waals surface area contributed by atoms with E-state index in [2.05, 4.69) is 37.8 Å². The summed E-state index contributed by atoms with van der Waals surface area (Å²) in [5, 5.41) is 0. The first-order valence-electron chi connectivity index (χ1n) is 14.7. The van der Waals surface area contributed by atoms with Crippen LogP contribution in [0.3, 0.4) is 0 Å². The summed E-state index contributed by atoms with van der Waals surface area (Å²) in [6, 6.07) is 16.6. The lowest BCUT2D eigenvalue weighted by atomic mass is 9.99. The molecule has 1 unspecified atom stereocenters. The van der Waals surface area contributed by atoms with Gasteiger partial charge in [0.15, 0.2) is 0 Å². The van der Waals surface area contributed by atoms with Crippen molar-refractivity contribution >= 4 is 5.69 Å². The number of aromatic nitrogens is 2. The highest BCUT2D eigenvalue weighted by atomic mass is 19.1. The Balaban J connectivity index is 1.49. The summed E-state index contributed by atoms with van der Waals surface area (Å²) < 4.78 is 31.8. The van der Waals surface area contributed by atoms with Crippen LogP contribution >= 0.6 is 0 Å². The molecule has 4 aromatic rings. The third-order valence-corrected chi connectivity index (χ3v) is 8.55. The molecule has 0 aliphatic carbocycles. The van der Waals surface area contributed by atoms with Crippen LogP contribution in [0.15, 0.2) is 70.3 Å². The largest absolute Gasteiger partial charge is 0.363 e. The number of aryl methyl sites for hydroxylation is 3. The molecule has 1 saturated heterocycles. The standard InChI is InChI=1S/C34H39F2N5O2/c1-22-17-23(2)27(24(3)18-22)19-38-13-15-39(16-14-38)32-25(4)40(20-28-29(35)11-8-12-30(28)36)34(43)41(33(32)42)21-31(37)26-9-6-5-7-10-26/h5-12,17-18,31H,13-16,19-21,37H2,1-4H3. The van der Waals surface area contributed by atoms with Crippen molar-refractivity contribution in [3.8, 4) is 0 Å². The van der Waals surface area contributed by atoms with Crippen LogP contribution in [0.1, 0.15) is 45.1 Å². The molecule has 1 aromatic heterocycles. The minimum atomic E-state index is -0.748. The Morgan fingerprint density at radius 2 is 1.37 bits per heavy atom. The highest BCUT2D eigenvalue weighted by Gasteiger charge is 2.27. The maximum absolute atomic E-state index is 14.7. The molecular formula is C34H39F2N5O2. The summed E-state index contributed by atoms with van der Waals surface area (Å²) in [6.07, 6.45) is 0. The number of nitrogens with two attached hydrogens (primary N) is 1. The van der Waals surface area contributed by atoms with Crippen LogP contribution in [0, 0.1) is 39.3 Å². The van der Waals surface area contributed by atoms with E-state index in [1.807, 2.05) is 35.2 Å². The molecule has 226 valence electrons. The number of benzene rings is 3. The Bertz CT molecular complexity index is 1700. The van der Waals surface area contributed by atoms with E-state index in [1.165, 1.54) is 32.9 Å². The Hall–Kier alpha value is -4.08. The zero-order valence-electron chi connectivity index (χ0n) is 25.2. The second-order valence-electron chi connectivity index (χ2n) is 11.6. The molecule has 0 saturated carbocycles. The molecule has 9 heteroatoms. The summed E-state index contributed by atoms with van der Waals surface area (Å²) in [5.41, 5.74) is 11.7. The first kappa shape index (κ1) is 30.4. The van der Waals surface area contributed by atoms with Crippen LogP contribution in [0.25, 0.3) is 0 Å². The molecule has 0 spiro atoms. The number of hydrogen-bond acceptors (Lipinski definition) is 5. The number of hydrogen-bond donors (Lipinski definition) is 1. The Morgan fingerprint density at radius 1 is 0.767 bits per heavy atom. The summed E-state index contributed by atoms with van der Waals surface area (Å²) >= 11 is 0. The van der Waals surface area contributed by atoms with Gasteiger partial charge in [0, 0.05) is 50.0 Å². The van der Waals surface area contributed by atoms with Gasteiger partial charge in [0.25, 0.3) is 5.56 Å². The molecule has 1 atom stereocenters. The van der Waals surface area contributed by atoms with Gasteiger partial charge in [-0.05, 0) is 62.1 Å². The molecule has 3 aromatic carbocycles. The minimum absolute atomic E-state index is 0.0688. The topological polar surface area (TPSA) is 76.5 Å². The average molecular weight is 588 g/mol. The van der Waals surface area contributed by atoms with Crippen molar-refractivity contribution in [1.82, 2.24) is 14.0 Å². The van der Waals surface area contributed by atoms with Crippen molar-refractivity contribution in [2.24, 2.45) is 5.73 Å². The first-order chi connectivity index (χ1) is 20.5. The van der Waals surface area contributed by atoms with Crippen LogP contribution in [0.4, 0.5) is 14.5 Å². The van der Waals surface area contributed by atoms with E-state index >= 15 is 0 Å². The molecule has 43 heavy (non-hydrogen) atoms. The molecule has 2 N–H and O–H groups in total. The van der Waals surface area contributed by atoms with Gasteiger partial charge in [0.2, 0.25) is 0 Å². The van der Waals surface area contributed by atoms with Crippen molar-refractivity contribution in [2.45, 2.75) is 53.4 Å². The maximum atomic E-state index is 14.7. The predicted octanol–water partition coefficient (Wildman–Crippen LogP) is 4.59. The third kappa shape index (κ3) is 6.33. The van der Waals surface area contributed by atoms with Gasteiger partial charge < -0.3 is 10.6 Å². The van der Waals surface area contributed by atoms with Crippen LogP contribution in [-0.2, 0) is 19.6 Å².